The van der Waals surface area contributed by atoms with E-state index in [4.69, 9.17) is 4.74 Å². The average Bonchev–Trinajstić information content (AvgIpc) is 3.28. The normalized spacial score (nSPS) is 14.7. The van der Waals surface area contributed by atoms with Crippen molar-refractivity contribution < 1.29 is 14.3 Å². The Morgan fingerprint density at radius 2 is 1.74 bits per heavy atom. The Morgan fingerprint density at radius 1 is 1.03 bits per heavy atom. The standard InChI is InChI=1S/C26H31N5O3S/c1-17(2)24(33)27-21-10-8-20(9-11-21)23(32)19(4)35-26-29-28-25(30-12-14-34-15-13-30)31(26)22-7-5-6-18(3)16-22/h5-11,16-17,19H,12-15H2,1-4H3,(H,27,33). The highest BCUT2D eigenvalue weighted by atomic mass is 32.2. The molecule has 0 aliphatic carbocycles. The van der Waals surface area contributed by atoms with Gasteiger partial charge in [0.1, 0.15) is 0 Å². The number of hydrogen-bond donors (Lipinski definition) is 1. The van der Waals surface area contributed by atoms with Crippen molar-refractivity contribution >= 4 is 35.1 Å². The van der Waals surface area contributed by atoms with Crippen LogP contribution < -0.4 is 10.2 Å². The van der Waals surface area contributed by atoms with E-state index in [0.717, 1.165) is 30.3 Å². The predicted octanol–water partition coefficient (Wildman–Crippen LogP) is 4.37. The van der Waals surface area contributed by atoms with Gasteiger partial charge in [-0.2, -0.15) is 0 Å². The Hall–Kier alpha value is -3.17. The fourth-order valence-electron chi connectivity index (χ4n) is 3.75. The van der Waals surface area contributed by atoms with Gasteiger partial charge in [0.2, 0.25) is 11.9 Å². The van der Waals surface area contributed by atoms with Crippen LogP contribution in [-0.4, -0.2) is 58.0 Å². The number of hydrogen-bond acceptors (Lipinski definition) is 7. The minimum atomic E-state index is -0.378. The SMILES string of the molecule is Cc1cccc(-n2c(SC(C)C(=O)c3ccc(NC(=O)C(C)C)cc3)nnc2N2CCOCC2)c1. The lowest BCUT2D eigenvalue weighted by molar-refractivity contribution is -0.118. The number of ether oxygens (including phenoxy) is 1. The van der Waals surface area contributed by atoms with Crippen molar-refractivity contribution in [1.82, 2.24) is 14.8 Å². The van der Waals surface area contributed by atoms with E-state index in [9.17, 15) is 9.59 Å². The summed E-state index contributed by atoms with van der Waals surface area (Å²) < 4.78 is 7.53. The number of nitrogens with one attached hydrogen (secondary N) is 1. The molecule has 1 aliphatic rings. The predicted molar refractivity (Wildman–Crippen MR) is 139 cm³/mol. The molecule has 9 heteroatoms. The van der Waals surface area contributed by atoms with Crippen LogP contribution in [0.15, 0.2) is 53.7 Å². The molecule has 2 aromatic carbocycles. The largest absolute Gasteiger partial charge is 0.378 e. The van der Waals surface area contributed by atoms with Gasteiger partial charge in [-0.1, -0.05) is 37.7 Å². The number of anilines is 2. The summed E-state index contributed by atoms with van der Waals surface area (Å²) >= 11 is 1.39. The van der Waals surface area contributed by atoms with E-state index < -0.39 is 0 Å². The Morgan fingerprint density at radius 3 is 2.40 bits per heavy atom. The van der Waals surface area contributed by atoms with E-state index in [1.54, 1.807) is 24.3 Å². The van der Waals surface area contributed by atoms with Gasteiger partial charge < -0.3 is 15.0 Å². The molecular formula is C26H31N5O3S. The highest BCUT2D eigenvalue weighted by Crippen LogP contribution is 2.31. The van der Waals surface area contributed by atoms with Gasteiger partial charge >= 0.3 is 0 Å². The van der Waals surface area contributed by atoms with Gasteiger partial charge in [-0.05, 0) is 55.8 Å². The first kappa shape index (κ1) is 24.9. The summed E-state index contributed by atoms with van der Waals surface area (Å²) in [4.78, 5) is 27.3. The molecule has 1 fully saturated rings. The molecule has 3 aromatic rings. The van der Waals surface area contributed by atoms with Crippen LogP contribution in [0.25, 0.3) is 5.69 Å². The van der Waals surface area contributed by atoms with E-state index >= 15 is 0 Å². The van der Waals surface area contributed by atoms with Gasteiger partial charge in [0.15, 0.2) is 10.9 Å². The Labute approximate surface area is 210 Å². The maximum atomic E-state index is 13.2. The third-order valence-corrected chi connectivity index (χ3v) is 6.83. The molecule has 1 saturated heterocycles. The molecule has 1 amide bonds. The number of ketones is 1. The van der Waals surface area contributed by atoms with Gasteiger partial charge in [0, 0.05) is 30.3 Å². The van der Waals surface area contributed by atoms with E-state index in [1.807, 2.05) is 37.5 Å². The van der Waals surface area contributed by atoms with Crippen molar-refractivity contribution in [3.05, 3.63) is 59.7 Å². The number of Topliss-reactive ketones (excluding diaryl/α,β-unsaturated/α-hetero) is 1. The first-order valence-corrected chi connectivity index (χ1v) is 12.7. The molecule has 1 unspecified atom stereocenters. The number of nitrogens with zero attached hydrogens (tertiary/aromatic N) is 4. The van der Waals surface area contributed by atoms with Gasteiger partial charge in [-0.15, -0.1) is 10.2 Å². The molecule has 0 bridgehead atoms. The minimum Gasteiger partial charge on any atom is -0.378 e. The maximum absolute atomic E-state index is 13.2. The number of rotatable bonds is 8. The molecule has 35 heavy (non-hydrogen) atoms. The zero-order chi connectivity index (χ0) is 24.9. The van der Waals surface area contributed by atoms with Crippen LogP contribution in [0, 0.1) is 12.8 Å². The summed E-state index contributed by atoms with van der Waals surface area (Å²) in [7, 11) is 0. The zero-order valence-corrected chi connectivity index (χ0v) is 21.3. The van der Waals surface area contributed by atoms with E-state index in [1.165, 1.54) is 11.8 Å². The molecule has 184 valence electrons. The topological polar surface area (TPSA) is 89.3 Å². The molecule has 1 aliphatic heterocycles. The van der Waals surface area contributed by atoms with Crippen LogP contribution in [-0.2, 0) is 9.53 Å². The number of benzene rings is 2. The van der Waals surface area contributed by atoms with Gasteiger partial charge in [-0.25, -0.2) is 0 Å². The molecule has 1 aromatic heterocycles. The second-order valence-electron chi connectivity index (χ2n) is 8.90. The summed E-state index contributed by atoms with van der Waals surface area (Å²) in [5.41, 5.74) is 3.36. The molecule has 0 saturated carbocycles. The molecule has 0 radical (unpaired) electrons. The first-order chi connectivity index (χ1) is 16.8. The Balaban J connectivity index is 1.55. The number of carbonyl (C=O) groups excluding carboxylic acids is 2. The van der Waals surface area contributed by atoms with Crippen molar-refractivity contribution in [3.8, 4) is 5.69 Å². The van der Waals surface area contributed by atoms with Gasteiger partial charge in [0.05, 0.1) is 24.2 Å². The van der Waals surface area contributed by atoms with Crippen LogP contribution in [0.1, 0.15) is 36.7 Å². The molecule has 0 spiro atoms. The summed E-state index contributed by atoms with van der Waals surface area (Å²) in [5.74, 6) is 0.579. The van der Waals surface area contributed by atoms with Gasteiger partial charge in [0.25, 0.3) is 0 Å². The van der Waals surface area contributed by atoms with E-state index in [0.29, 0.717) is 29.6 Å². The highest BCUT2D eigenvalue weighted by Gasteiger charge is 2.25. The van der Waals surface area contributed by atoms with Gasteiger partial charge in [-0.3, -0.25) is 14.2 Å². The van der Waals surface area contributed by atoms with Crippen LogP contribution in [0.3, 0.4) is 0 Å². The van der Waals surface area contributed by atoms with Crippen molar-refractivity contribution in [2.75, 3.05) is 36.5 Å². The number of carbonyl (C=O) groups is 2. The second-order valence-corrected chi connectivity index (χ2v) is 10.2. The van der Waals surface area contributed by atoms with Crippen molar-refractivity contribution in [2.45, 2.75) is 38.1 Å². The molecule has 8 nitrogen and oxygen atoms in total. The molecular weight excluding hydrogens is 462 g/mol. The summed E-state index contributed by atoms with van der Waals surface area (Å²) in [6.45, 7) is 10.4. The molecule has 4 rings (SSSR count). The lowest BCUT2D eigenvalue weighted by Crippen LogP contribution is -2.37. The number of morpholine rings is 1. The molecule has 2 heterocycles. The summed E-state index contributed by atoms with van der Waals surface area (Å²) in [5, 5.41) is 12.1. The van der Waals surface area contributed by atoms with Crippen molar-refractivity contribution in [2.24, 2.45) is 5.92 Å². The first-order valence-electron chi connectivity index (χ1n) is 11.8. The maximum Gasteiger partial charge on any atom is 0.232 e. The number of amides is 1. The highest BCUT2D eigenvalue weighted by molar-refractivity contribution is 8.00. The van der Waals surface area contributed by atoms with Crippen molar-refractivity contribution in [3.63, 3.8) is 0 Å². The molecule has 1 atom stereocenters. The average molecular weight is 494 g/mol. The van der Waals surface area contributed by atoms with Crippen LogP contribution >= 0.6 is 11.8 Å². The smallest absolute Gasteiger partial charge is 0.232 e. The lowest BCUT2D eigenvalue weighted by atomic mass is 10.1. The minimum absolute atomic E-state index is 0.0107. The summed E-state index contributed by atoms with van der Waals surface area (Å²) in [6.07, 6.45) is 0. The molecule has 1 N–H and O–H groups in total. The van der Waals surface area contributed by atoms with E-state index in [2.05, 4.69) is 39.5 Å². The lowest BCUT2D eigenvalue weighted by Gasteiger charge is -2.28. The number of thioether (sulfide) groups is 1. The fraction of sp³-hybridized carbons (Fsp3) is 0.385. The van der Waals surface area contributed by atoms with E-state index in [-0.39, 0.29) is 22.9 Å². The zero-order valence-electron chi connectivity index (χ0n) is 20.5. The van der Waals surface area contributed by atoms with Crippen LogP contribution in [0.5, 0.6) is 0 Å². The third kappa shape index (κ3) is 5.91. The quantitative estimate of drug-likeness (QED) is 0.368. The number of aryl methyl sites for hydroxylation is 1. The Kier molecular flexibility index (Phi) is 7.87. The van der Waals surface area contributed by atoms with Crippen LogP contribution in [0.4, 0.5) is 11.6 Å². The Bertz CT molecular complexity index is 1190. The van der Waals surface area contributed by atoms with Crippen LogP contribution in [0.2, 0.25) is 0 Å². The summed E-state index contributed by atoms with van der Waals surface area (Å²) in [6, 6.07) is 15.2. The third-order valence-electron chi connectivity index (χ3n) is 5.78. The number of aromatic nitrogens is 3. The second kappa shape index (κ2) is 11.0. The monoisotopic (exact) mass is 493 g/mol. The van der Waals surface area contributed by atoms with Crippen molar-refractivity contribution in [1.29, 1.82) is 0 Å². The fourth-order valence-corrected chi connectivity index (χ4v) is 4.69.